The molecule has 0 fully saturated rings. The SMILES string of the molecule is CC/C(=C/c1ccc(F)c([N+](=O)[O-])c1)[N+](=O)[O-]. The second-order valence-corrected chi connectivity index (χ2v) is 3.21. The van der Waals surface area contributed by atoms with Crippen LogP contribution in [0.15, 0.2) is 23.9 Å². The number of hydrogen-bond acceptors (Lipinski definition) is 4. The van der Waals surface area contributed by atoms with Crippen LogP contribution in [0.3, 0.4) is 0 Å². The first-order valence-corrected chi connectivity index (χ1v) is 4.74. The van der Waals surface area contributed by atoms with Crippen LogP contribution in [-0.2, 0) is 0 Å². The fourth-order valence-corrected chi connectivity index (χ4v) is 1.24. The molecule has 0 unspecified atom stereocenters. The Morgan fingerprint density at radius 3 is 2.53 bits per heavy atom. The Labute approximate surface area is 95.7 Å². The molecule has 1 aromatic rings. The van der Waals surface area contributed by atoms with E-state index in [1.165, 1.54) is 12.1 Å². The van der Waals surface area contributed by atoms with Crippen molar-refractivity contribution in [2.45, 2.75) is 13.3 Å². The molecular formula is C10H9FN2O4. The van der Waals surface area contributed by atoms with Gasteiger partial charge in [0.1, 0.15) is 0 Å². The quantitative estimate of drug-likeness (QED) is 0.598. The number of rotatable bonds is 4. The topological polar surface area (TPSA) is 86.3 Å². The fourth-order valence-electron chi connectivity index (χ4n) is 1.24. The highest BCUT2D eigenvalue weighted by molar-refractivity contribution is 5.55. The van der Waals surface area contributed by atoms with E-state index in [1.807, 2.05) is 0 Å². The predicted octanol–water partition coefficient (Wildman–Crippen LogP) is 2.76. The third-order valence-corrected chi connectivity index (χ3v) is 2.10. The molecule has 0 aliphatic heterocycles. The minimum Gasteiger partial charge on any atom is -0.259 e. The zero-order valence-electron chi connectivity index (χ0n) is 8.92. The van der Waals surface area contributed by atoms with Crippen molar-refractivity contribution in [3.05, 3.63) is 55.5 Å². The standard InChI is InChI=1S/C10H9FN2O4/c1-2-8(12(14)15)5-7-3-4-9(11)10(6-7)13(16)17/h3-6H,2H2,1H3/b8-5-. The Balaban J connectivity index is 3.20. The van der Waals surface area contributed by atoms with Crippen LogP contribution in [0, 0.1) is 26.0 Å². The number of halogens is 1. The molecule has 0 aromatic heterocycles. The third-order valence-electron chi connectivity index (χ3n) is 2.10. The Morgan fingerprint density at radius 1 is 1.41 bits per heavy atom. The van der Waals surface area contributed by atoms with Crippen molar-refractivity contribution in [2.75, 3.05) is 0 Å². The second kappa shape index (κ2) is 5.15. The van der Waals surface area contributed by atoms with Gasteiger partial charge in [-0.2, -0.15) is 4.39 Å². The van der Waals surface area contributed by atoms with Gasteiger partial charge in [-0.1, -0.05) is 13.0 Å². The average Bonchev–Trinajstić information content (AvgIpc) is 2.27. The van der Waals surface area contributed by atoms with Crippen LogP contribution < -0.4 is 0 Å². The molecule has 7 heteroatoms. The van der Waals surface area contributed by atoms with Crippen LogP contribution in [0.5, 0.6) is 0 Å². The van der Waals surface area contributed by atoms with E-state index in [2.05, 4.69) is 0 Å². The van der Waals surface area contributed by atoms with Gasteiger partial charge < -0.3 is 0 Å². The first kappa shape index (κ1) is 12.8. The predicted molar refractivity (Wildman–Crippen MR) is 58.3 cm³/mol. The highest BCUT2D eigenvalue weighted by Crippen LogP contribution is 2.20. The summed E-state index contributed by atoms with van der Waals surface area (Å²) >= 11 is 0. The molecule has 0 spiro atoms. The molecule has 1 rings (SSSR count). The summed E-state index contributed by atoms with van der Waals surface area (Å²) in [5, 5.41) is 21.0. The number of hydrogen-bond donors (Lipinski definition) is 0. The minimum absolute atomic E-state index is 0.0918. The van der Waals surface area contributed by atoms with Crippen molar-refractivity contribution < 1.29 is 14.2 Å². The van der Waals surface area contributed by atoms with Crippen LogP contribution in [0.1, 0.15) is 18.9 Å². The molecule has 0 bridgehead atoms. The minimum atomic E-state index is -0.966. The molecule has 90 valence electrons. The fraction of sp³-hybridized carbons (Fsp3) is 0.200. The first-order chi connectivity index (χ1) is 7.95. The van der Waals surface area contributed by atoms with Crippen molar-refractivity contribution >= 4 is 11.8 Å². The van der Waals surface area contributed by atoms with Gasteiger partial charge in [-0.25, -0.2) is 0 Å². The van der Waals surface area contributed by atoms with Crippen molar-refractivity contribution in [3.63, 3.8) is 0 Å². The Bertz CT molecular complexity index is 499. The van der Waals surface area contributed by atoms with Gasteiger partial charge in [-0.15, -0.1) is 0 Å². The Hall–Kier alpha value is -2.31. The van der Waals surface area contributed by atoms with Gasteiger partial charge in [-0.05, 0) is 11.6 Å². The summed E-state index contributed by atoms with van der Waals surface area (Å²) < 4.78 is 13.0. The van der Waals surface area contributed by atoms with E-state index in [4.69, 9.17) is 0 Å². The van der Waals surface area contributed by atoms with E-state index in [-0.39, 0.29) is 17.7 Å². The molecule has 0 saturated heterocycles. The van der Waals surface area contributed by atoms with Crippen molar-refractivity contribution in [3.8, 4) is 0 Å². The Morgan fingerprint density at radius 2 is 2.06 bits per heavy atom. The molecule has 17 heavy (non-hydrogen) atoms. The van der Waals surface area contributed by atoms with Gasteiger partial charge in [0.05, 0.1) is 9.85 Å². The van der Waals surface area contributed by atoms with Crippen LogP contribution in [0.25, 0.3) is 6.08 Å². The van der Waals surface area contributed by atoms with Gasteiger partial charge in [0.2, 0.25) is 11.5 Å². The van der Waals surface area contributed by atoms with Crippen molar-refractivity contribution in [1.82, 2.24) is 0 Å². The highest BCUT2D eigenvalue weighted by atomic mass is 19.1. The van der Waals surface area contributed by atoms with E-state index >= 15 is 0 Å². The number of nitro groups is 2. The van der Waals surface area contributed by atoms with Crippen molar-refractivity contribution in [1.29, 1.82) is 0 Å². The van der Waals surface area contributed by atoms with E-state index in [9.17, 15) is 24.6 Å². The normalized spacial score (nSPS) is 11.3. The first-order valence-electron chi connectivity index (χ1n) is 4.74. The maximum absolute atomic E-state index is 13.0. The van der Waals surface area contributed by atoms with Crippen molar-refractivity contribution in [2.24, 2.45) is 0 Å². The Kier molecular flexibility index (Phi) is 3.86. The highest BCUT2D eigenvalue weighted by Gasteiger charge is 2.15. The van der Waals surface area contributed by atoms with Gasteiger partial charge in [0, 0.05) is 18.6 Å². The lowest BCUT2D eigenvalue weighted by atomic mass is 10.1. The van der Waals surface area contributed by atoms with Crippen LogP contribution in [0.4, 0.5) is 10.1 Å². The molecule has 6 nitrogen and oxygen atoms in total. The number of nitrogens with zero attached hydrogens (tertiary/aromatic N) is 2. The molecule has 0 aliphatic rings. The van der Waals surface area contributed by atoms with Crippen LogP contribution in [0.2, 0.25) is 0 Å². The van der Waals surface area contributed by atoms with Gasteiger partial charge in [0.25, 0.3) is 0 Å². The molecule has 0 heterocycles. The molecule has 0 radical (unpaired) electrons. The molecule has 0 amide bonds. The van der Waals surface area contributed by atoms with E-state index < -0.39 is 21.4 Å². The van der Waals surface area contributed by atoms with Crippen LogP contribution >= 0.6 is 0 Å². The lowest BCUT2D eigenvalue weighted by Gasteiger charge is -1.97. The summed E-state index contributed by atoms with van der Waals surface area (Å²) in [6.45, 7) is 1.59. The maximum Gasteiger partial charge on any atom is 0.305 e. The largest absolute Gasteiger partial charge is 0.305 e. The molecule has 0 aliphatic carbocycles. The van der Waals surface area contributed by atoms with Gasteiger partial charge in [0.15, 0.2) is 0 Å². The smallest absolute Gasteiger partial charge is 0.259 e. The lowest BCUT2D eigenvalue weighted by Crippen LogP contribution is -1.97. The molecule has 0 N–H and O–H groups in total. The number of allylic oxidation sites excluding steroid dienone is 1. The summed E-state index contributed by atoms with van der Waals surface area (Å²) in [5.74, 6) is -0.966. The molecule has 1 aromatic carbocycles. The summed E-state index contributed by atoms with van der Waals surface area (Å²) in [5.41, 5.74) is -0.560. The zero-order chi connectivity index (χ0) is 13.0. The third kappa shape index (κ3) is 3.07. The summed E-state index contributed by atoms with van der Waals surface area (Å²) in [6, 6.07) is 3.13. The van der Waals surface area contributed by atoms with Gasteiger partial charge in [-0.3, -0.25) is 20.2 Å². The zero-order valence-corrected chi connectivity index (χ0v) is 8.92. The molecule has 0 saturated carbocycles. The number of benzene rings is 1. The summed E-state index contributed by atoms with van der Waals surface area (Å²) in [6.07, 6.45) is 1.37. The maximum atomic E-state index is 13.0. The van der Waals surface area contributed by atoms with E-state index in [1.54, 1.807) is 6.92 Å². The molecule has 0 atom stereocenters. The van der Waals surface area contributed by atoms with E-state index in [0.29, 0.717) is 0 Å². The second-order valence-electron chi connectivity index (χ2n) is 3.21. The summed E-state index contributed by atoms with van der Waals surface area (Å²) in [4.78, 5) is 19.6. The average molecular weight is 240 g/mol. The van der Waals surface area contributed by atoms with Crippen LogP contribution in [-0.4, -0.2) is 9.85 Å². The summed E-state index contributed by atoms with van der Waals surface area (Å²) in [7, 11) is 0. The van der Waals surface area contributed by atoms with E-state index in [0.717, 1.165) is 12.1 Å². The monoisotopic (exact) mass is 240 g/mol. The lowest BCUT2D eigenvalue weighted by molar-refractivity contribution is -0.425. The number of nitro benzene ring substituents is 1. The molecular weight excluding hydrogens is 231 g/mol. The van der Waals surface area contributed by atoms with Gasteiger partial charge >= 0.3 is 5.69 Å².